The SMILES string of the molecule is COc1ccc(Nc2cc(C(=O)N3CCCCCC3)ncn2)c(OC)c1. The molecule has 0 bridgehead atoms. The lowest BCUT2D eigenvalue weighted by atomic mass is 10.2. The van der Waals surface area contributed by atoms with Gasteiger partial charge in [0.1, 0.15) is 29.3 Å². The highest BCUT2D eigenvalue weighted by Crippen LogP contribution is 2.31. The van der Waals surface area contributed by atoms with Crippen molar-refractivity contribution in [1.29, 1.82) is 0 Å². The van der Waals surface area contributed by atoms with Gasteiger partial charge in [0.25, 0.3) is 5.91 Å². The van der Waals surface area contributed by atoms with E-state index >= 15 is 0 Å². The van der Waals surface area contributed by atoms with Gasteiger partial charge >= 0.3 is 0 Å². The van der Waals surface area contributed by atoms with E-state index in [9.17, 15) is 4.79 Å². The predicted octanol–water partition coefficient (Wildman–Crippen LogP) is 3.25. The van der Waals surface area contributed by atoms with E-state index < -0.39 is 0 Å². The van der Waals surface area contributed by atoms with Crippen LogP contribution in [-0.2, 0) is 0 Å². The highest BCUT2D eigenvalue weighted by Gasteiger charge is 2.19. The number of amides is 1. The van der Waals surface area contributed by atoms with Gasteiger partial charge in [0.15, 0.2) is 0 Å². The Hall–Kier alpha value is -2.83. The number of rotatable bonds is 5. The molecule has 3 rings (SSSR count). The van der Waals surface area contributed by atoms with Gasteiger partial charge in [-0.05, 0) is 25.0 Å². The van der Waals surface area contributed by atoms with Crippen molar-refractivity contribution in [2.45, 2.75) is 25.7 Å². The maximum absolute atomic E-state index is 12.7. The van der Waals surface area contributed by atoms with Crippen LogP contribution >= 0.6 is 0 Å². The highest BCUT2D eigenvalue weighted by molar-refractivity contribution is 5.93. The summed E-state index contributed by atoms with van der Waals surface area (Å²) in [4.78, 5) is 23.0. The number of hydrogen-bond donors (Lipinski definition) is 1. The van der Waals surface area contributed by atoms with Gasteiger partial charge < -0.3 is 19.7 Å². The summed E-state index contributed by atoms with van der Waals surface area (Å²) in [5, 5.41) is 3.18. The maximum Gasteiger partial charge on any atom is 0.272 e. The van der Waals surface area contributed by atoms with Gasteiger partial charge in [0, 0.05) is 25.2 Å². The third-order valence-corrected chi connectivity index (χ3v) is 4.45. The molecule has 1 aromatic carbocycles. The Balaban J connectivity index is 1.78. The van der Waals surface area contributed by atoms with Crippen molar-refractivity contribution in [2.75, 3.05) is 32.6 Å². The van der Waals surface area contributed by atoms with Crippen LogP contribution in [0.3, 0.4) is 0 Å². The second-order valence-electron chi connectivity index (χ2n) is 6.19. The quantitative estimate of drug-likeness (QED) is 0.886. The van der Waals surface area contributed by atoms with Crippen LogP contribution in [0.1, 0.15) is 36.2 Å². The van der Waals surface area contributed by atoms with Crippen LogP contribution in [0, 0.1) is 0 Å². The molecule has 2 aromatic rings. The Labute approximate surface area is 153 Å². The first kappa shape index (κ1) is 18.0. The average Bonchev–Trinajstić information content (AvgIpc) is 2.97. The molecule has 1 N–H and O–H groups in total. The molecule has 1 fully saturated rings. The average molecular weight is 356 g/mol. The summed E-state index contributed by atoms with van der Waals surface area (Å²) in [6, 6.07) is 7.13. The normalized spacial score (nSPS) is 14.5. The number of hydrogen-bond acceptors (Lipinski definition) is 6. The summed E-state index contributed by atoms with van der Waals surface area (Å²) in [5.74, 6) is 1.83. The molecule has 1 aromatic heterocycles. The van der Waals surface area contributed by atoms with E-state index in [1.54, 1.807) is 26.4 Å². The number of likely N-dealkylation sites (tertiary alicyclic amines) is 1. The molecule has 1 aliphatic rings. The minimum absolute atomic E-state index is 0.0426. The molecular formula is C19H24N4O3. The van der Waals surface area contributed by atoms with Gasteiger partial charge in [-0.15, -0.1) is 0 Å². The first-order valence-electron chi connectivity index (χ1n) is 8.81. The number of nitrogens with zero attached hydrogens (tertiary/aromatic N) is 3. The van der Waals surface area contributed by atoms with Crippen LogP contribution in [0.25, 0.3) is 0 Å². The summed E-state index contributed by atoms with van der Waals surface area (Å²) in [5.41, 5.74) is 1.14. The third-order valence-electron chi connectivity index (χ3n) is 4.45. The Kier molecular flexibility index (Phi) is 5.88. The standard InChI is InChI=1S/C19H24N4O3/c1-25-14-7-8-15(17(11-14)26-2)22-18-12-16(20-13-21-18)19(24)23-9-5-3-4-6-10-23/h7-8,11-13H,3-6,9-10H2,1-2H3,(H,20,21,22). The summed E-state index contributed by atoms with van der Waals surface area (Å²) in [6.07, 6.45) is 5.86. The zero-order valence-electron chi connectivity index (χ0n) is 15.2. The van der Waals surface area contributed by atoms with Crippen LogP contribution in [0.5, 0.6) is 11.5 Å². The Morgan fingerprint density at radius 1 is 1.04 bits per heavy atom. The van der Waals surface area contributed by atoms with Crippen LogP contribution in [0.2, 0.25) is 0 Å². The fourth-order valence-corrected chi connectivity index (χ4v) is 3.02. The van der Waals surface area contributed by atoms with Crippen molar-refractivity contribution in [2.24, 2.45) is 0 Å². The van der Waals surface area contributed by atoms with Gasteiger partial charge in [0.2, 0.25) is 0 Å². The lowest BCUT2D eigenvalue weighted by Crippen LogP contribution is -2.32. The number of carbonyl (C=O) groups excluding carboxylic acids is 1. The van der Waals surface area contributed by atoms with Gasteiger partial charge in [-0.3, -0.25) is 4.79 Å². The van der Waals surface area contributed by atoms with E-state index in [1.807, 2.05) is 17.0 Å². The summed E-state index contributed by atoms with van der Waals surface area (Å²) < 4.78 is 10.6. The molecule has 7 heteroatoms. The number of ether oxygens (including phenoxy) is 2. The van der Waals surface area contributed by atoms with Crippen LogP contribution < -0.4 is 14.8 Å². The molecule has 0 saturated carbocycles. The second-order valence-corrected chi connectivity index (χ2v) is 6.19. The molecule has 0 aliphatic carbocycles. The van der Waals surface area contributed by atoms with Gasteiger partial charge in [-0.2, -0.15) is 0 Å². The third kappa shape index (κ3) is 4.22. The first-order valence-corrected chi connectivity index (χ1v) is 8.81. The highest BCUT2D eigenvalue weighted by atomic mass is 16.5. The topological polar surface area (TPSA) is 76.6 Å². The monoisotopic (exact) mass is 356 g/mol. The zero-order valence-corrected chi connectivity index (χ0v) is 15.2. The molecule has 1 saturated heterocycles. The first-order chi connectivity index (χ1) is 12.7. The van der Waals surface area contributed by atoms with Gasteiger partial charge in [-0.1, -0.05) is 12.8 Å². The maximum atomic E-state index is 12.7. The molecule has 138 valence electrons. The fraction of sp³-hybridized carbons (Fsp3) is 0.421. The Morgan fingerprint density at radius 2 is 1.81 bits per heavy atom. The molecule has 1 amide bonds. The molecule has 7 nitrogen and oxygen atoms in total. The number of nitrogens with one attached hydrogen (secondary N) is 1. The van der Waals surface area contributed by atoms with E-state index in [2.05, 4.69) is 15.3 Å². The summed E-state index contributed by atoms with van der Waals surface area (Å²) >= 11 is 0. The van der Waals surface area contributed by atoms with Crippen molar-refractivity contribution in [3.8, 4) is 11.5 Å². The Morgan fingerprint density at radius 3 is 2.50 bits per heavy atom. The summed E-state index contributed by atoms with van der Waals surface area (Å²) in [6.45, 7) is 1.58. The zero-order chi connectivity index (χ0) is 18.4. The Bertz CT molecular complexity index is 758. The second kappa shape index (κ2) is 8.51. The summed E-state index contributed by atoms with van der Waals surface area (Å²) in [7, 11) is 3.20. The van der Waals surface area contributed by atoms with Crippen LogP contribution in [0.15, 0.2) is 30.6 Å². The molecule has 2 heterocycles. The van der Waals surface area contributed by atoms with Crippen molar-refractivity contribution >= 4 is 17.4 Å². The number of methoxy groups -OCH3 is 2. The van der Waals surface area contributed by atoms with Gasteiger partial charge in [-0.25, -0.2) is 9.97 Å². The largest absolute Gasteiger partial charge is 0.497 e. The van der Waals surface area contributed by atoms with Crippen molar-refractivity contribution in [3.05, 3.63) is 36.3 Å². The number of carbonyl (C=O) groups is 1. The lowest BCUT2D eigenvalue weighted by molar-refractivity contribution is 0.0755. The molecular weight excluding hydrogens is 332 g/mol. The van der Waals surface area contributed by atoms with E-state index in [0.29, 0.717) is 23.0 Å². The number of aromatic nitrogens is 2. The fourth-order valence-electron chi connectivity index (χ4n) is 3.02. The minimum atomic E-state index is -0.0426. The number of benzene rings is 1. The molecule has 0 radical (unpaired) electrons. The molecule has 0 unspecified atom stereocenters. The molecule has 26 heavy (non-hydrogen) atoms. The van der Waals surface area contributed by atoms with E-state index in [-0.39, 0.29) is 5.91 Å². The van der Waals surface area contributed by atoms with E-state index in [0.717, 1.165) is 31.6 Å². The van der Waals surface area contributed by atoms with Crippen molar-refractivity contribution in [3.63, 3.8) is 0 Å². The minimum Gasteiger partial charge on any atom is -0.497 e. The van der Waals surface area contributed by atoms with E-state index in [4.69, 9.17) is 9.47 Å². The predicted molar refractivity (Wildman–Crippen MR) is 99.2 cm³/mol. The lowest BCUT2D eigenvalue weighted by Gasteiger charge is -2.20. The molecule has 0 spiro atoms. The molecule has 0 atom stereocenters. The number of anilines is 2. The van der Waals surface area contributed by atoms with Crippen molar-refractivity contribution < 1.29 is 14.3 Å². The molecule has 1 aliphatic heterocycles. The van der Waals surface area contributed by atoms with Gasteiger partial charge in [0.05, 0.1) is 19.9 Å². The van der Waals surface area contributed by atoms with E-state index in [1.165, 1.54) is 19.2 Å². The van der Waals surface area contributed by atoms with Crippen LogP contribution in [0.4, 0.5) is 11.5 Å². The van der Waals surface area contributed by atoms with Crippen LogP contribution in [-0.4, -0.2) is 48.1 Å². The smallest absolute Gasteiger partial charge is 0.272 e. The van der Waals surface area contributed by atoms with Crippen molar-refractivity contribution in [1.82, 2.24) is 14.9 Å².